The number of esters is 1. The van der Waals surface area contributed by atoms with Crippen molar-refractivity contribution in [1.82, 2.24) is 0 Å². The number of rotatable bonds is 4. The van der Waals surface area contributed by atoms with Crippen molar-refractivity contribution in [3.8, 4) is 5.75 Å². The van der Waals surface area contributed by atoms with Crippen molar-refractivity contribution in [2.75, 3.05) is 6.61 Å². The number of phenols is 1. The monoisotopic (exact) mass is 232 g/mol. The number of hydrogen-bond donors (Lipinski definition) is 1. The number of benzene rings is 1. The molecule has 0 saturated heterocycles. The van der Waals surface area contributed by atoms with E-state index < -0.39 is 0 Å². The lowest BCUT2D eigenvalue weighted by atomic mass is 10.2. The highest BCUT2D eigenvalue weighted by Gasteiger charge is 1.97. The number of carbonyl (C=O) groups is 1. The maximum atomic E-state index is 11.3. The fourth-order valence-electron chi connectivity index (χ4n) is 1.07. The van der Waals surface area contributed by atoms with E-state index in [0.29, 0.717) is 6.61 Å². The molecule has 1 aromatic rings. The van der Waals surface area contributed by atoms with E-state index in [1.54, 1.807) is 30.3 Å². The average molecular weight is 232 g/mol. The van der Waals surface area contributed by atoms with Crippen LogP contribution in [0.5, 0.6) is 5.75 Å². The van der Waals surface area contributed by atoms with Gasteiger partial charge in [0.2, 0.25) is 0 Å². The summed E-state index contributed by atoms with van der Waals surface area (Å²) in [5.41, 5.74) is 1.85. The summed E-state index contributed by atoms with van der Waals surface area (Å²) >= 11 is 0. The minimum Gasteiger partial charge on any atom is -0.508 e. The number of carbonyl (C=O) groups excluding carboxylic acids is 1. The van der Waals surface area contributed by atoms with Crippen molar-refractivity contribution in [3.05, 3.63) is 47.6 Å². The van der Waals surface area contributed by atoms with Crippen LogP contribution >= 0.6 is 0 Å². The fraction of sp³-hybridized carbons (Fsp3) is 0.214. The van der Waals surface area contributed by atoms with Crippen molar-refractivity contribution >= 4 is 12.0 Å². The molecule has 0 bridgehead atoms. The Labute approximate surface area is 101 Å². The van der Waals surface area contributed by atoms with Crippen molar-refractivity contribution < 1.29 is 14.6 Å². The van der Waals surface area contributed by atoms with Crippen LogP contribution in [0.2, 0.25) is 0 Å². The molecule has 1 rings (SSSR count). The second kappa shape index (κ2) is 6.53. The summed E-state index contributed by atoms with van der Waals surface area (Å²) in [6.07, 6.45) is 4.92. The number of hydrogen-bond acceptors (Lipinski definition) is 3. The molecule has 0 aromatic heterocycles. The average Bonchev–Trinajstić information content (AvgIpc) is 2.35. The van der Waals surface area contributed by atoms with Crippen molar-refractivity contribution in [1.29, 1.82) is 0 Å². The van der Waals surface area contributed by atoms with Crippen LogP contribution in [0.25, 0.3) is 6.08 Å². The number of aromatic hydroxyl groups is 1. The molecule has 0 amide bonds. The summed E-state index contributed by atoms with van der Waals surface area (Å²) < 4.78 is 5.00. The first kappa shape index (κ1) is 13.0. The third kappa shape index (κ3) is 5.02. The third-order valence-corrected chi connectivity index (χ3v) is 2.24. The van der Waals surface area contributed by atoms with E-state index in [4.69, 9.17) is 9.84 Å². The van der Waals surface area contributed by atoms with E-state index in [-0.39, 0.29) is 11.7 Å². The molecule has 0 unspecified atom stereocenters. The Balaban J connectivity index is 2.48. The Bertz CT molecular complexity index is 427. The molecule has 0 heterocycles. The van der Waals surface area contributed by atoms with Gasteiger partial charge in [0.15, 0.2) is 0 Å². The van der Waals surface area contributed by atoms with Gasteiger partial charge in [-0.2, -0.15) is 0 Å². The molecule has 1 aromatic carbocycles. The van der Waals surface area contributed by atoms with Crippen LogP contribution in [0, 0.1) is 0 Å². The topological polar surface area (TPSA) is 46.5 Å². The van der Waals surface area contributed by atoms with Gasteiger partial charge in [-0.1, -0.05) is 18.2 Å². The van der Waals surface area contributed by atoms with Gasteiger partial charge in [0.1, 0.15) is 12.4 Å². The van der Waals surface area contributed by atoms with Gasteiger partial charge in [-0.05, 0) is 43.2 Å². The molecule has 1 N–H and O–H groups in total. The van der Waals surface area contributed by atoms with Crippen LogP contribution in [0.4, 0.5) is 0 Å². The molecule has 90 valence electrons. The molecule has 3 nitrogen and oxygen atoms in total. The zero-order valence-corrected chi connectivity index (χ0v) is 10.0. The standard InChI is InChI=1S/C14H16O3/c1-3-11(2)10-17-14(16)9-6-12-4-7-13(15)8-5-12/h3-9,15H,10H2,1-2H3. The summed E-state index contributed by atoms with van der Waals surface area (Å²) in [4.78, 5) is 11.3. The fourth-order valence-corrected chi connectivity index (χ4v) is 1.07. The number of ether oxygens (including phenoxy) is 1. The third-order valence-electron chi connectivity index (χ3n) is 2.24. The van der Waals surface area contributed by atoms with Gasteiger partial charge >= 0.3 is 5.97 Å². The van der Waals surface area contributed by atoms with E-state index in [1.807, 2.05) is 19.9 Å². The molecule has 0 aliphatic heterocycles. The molecule has 0 saturated carbocycles. The van der Waals surface area contributed by atoms with Gasteiger partial charge < -0.3 is 9.84 Å². The van der Waals surface area contributed by atoms with Gasteiger partial charge in [-0.25, -0.2) is 4.79 Å². The lowest BCUT2D eigenvalue weighted by Gasteiger charge is -2.00. The van der Waals surface area contributed by atoms with Crippen LogP contribution in [0.1, 0.15) is 19.4 Å². The quantitative estimate of drug-likeness (QED) is 0.493. The zero-order valence-electron chi connectivity index (χ0n) is 10.0. The molecular weight excluding hydrogens is 216 g/mol. The Kier molecular flexibility index (Phi) is 5.01. The second-order valence-electron chi connectivity index (χ2n) is 3.67. The maximum absolute atomic E-state index is 11.3. The van der Waals surface area contributed by atoms with Crippen LogP contribution < -0.4 is 0 Å². The normalized spacial score (nSPS) is 11.8. The first-order valence-corrected chi connectivity index (χ1v) is 5.37. The SMILES string of the molecule is CC=C(C)COC(=O)C=Cc1ccc(O)cc1. The molecule has 0 spiro atoms. The summed E-state index contributed by atoms with van der Waals surface area (Å²) in [5, 5.41) is 9.08. The lowest BCUT2D eigenvalue weighted by Crippen LogP contribution is -2.02. The summed E-state index contributed by atoms with van der Waals surface area (Å²) in [5.74, 6) is -0.173. The number of phenolic OH excluding ortho intramolecular Hbond substituents is 1. The number of allylic oxidation sites excluding steroid dienone is 1. The van der Waals surface area contributed by atoms with E-state index in [0.717, 1.165) is 11.1 Å². The summed E-state index contributed by atoms with van der Waals surface area (Å²) in [6, 6.07) is 6.57. The first-order valence-electron chi connectivity index (χ1n) is 5.37. The van der Waals surface area contributed by atoms with Crippen molar-refractivity contribution in [3.63, 3.8) is 0 Å². The highest BCUT2D eigenvalue weighted by molar-refractivity contribution is 5.87. The molecule has 0 atom stereocenters. The highest BCUT2D eigenvalue weighted by Crippen LogP contribution is 2.10. The van der Waals surface area contributed by atoms with E-state index >= 15 is 0 Å². The Hall–Kier alpha value is -2.03. The van der Waals surface area contributed by atoms with Crippen molar-refractivity contribution in [2.45, 2.75) is 13.8 Å². The van der Waals surface area contributed by atoms with Gasteiger partial charge in [-0.15, -0.1) is 0 Å². The van der Waals surface area contributed by atoms with Crippen LogP contribution in [0.3, 0.4) is 0 Å². The first-order chi connectivity index (χ1) is 8.11. The van der Waals surface area contributed by atoms with E-state index in [2.05, 4.69) is 0 Å². The molecule has 17 heavy (non-hydrogen) atoms. The summed E-state index contributed by atoms with van der Waals surface area (Å²) in [6.45, 7) is 4.11. The van der Waals surface area contributed by atoms with Crippen molar-refractivity contribution in [2.24, 2.45) is 0 Å². The molecule has 0 radical (unpaired) electrons. The maximum Gasteiger partial charge on any atom is 0.331 e. The molecule has 0 aliphatic rings. The van der Waals surface area contributed by atoms with Crippen LogP contribution in [-0.2, 0) is 9.53 Å². The van der Waals surface area contributed by atoms with E-state index in [1.165, 1.54) is 6.08 Å². The predicted octanol–water partition coefficient (Wildman–Crippen LogP) is 2.91. The smallest absolute Gasteiger partial charge is 0.331 e. The zero-order chi connectivity index (χ0) is 12.7. The van der Waals surface area contributed by atoms with Gasteiger partial charge in [0.25, 0.3) is 0 Å². The molecule has 0 fully saturated rings. The van der Waals surface area contributed by atoms with Crippen LogP contribution in [-0.4, -0.2) is 17.7 Å². The Morgan fingerprint density at radius 3 is 2.59 bits per heavy atom. The van der Waals surface area contributed by atoms with Gasteiger partial charge in [-0.3, -0.25) is 0 Å². The van der Waals surface area contributed by atoms with Gasteiger partial charge in [0, 0.05) is 6.08 Å². The molecule has 3 heteroatoms. The minimum absolute atomic E-state index is 0.202. The van der Waals surface area contributed by atoms with Gasteiger partial charge in [0.05, 0.1) is 0 Å². The Morgan fingerprint density at radius 1 is 1.35 bits per heavy atom. The molecular formula is C14H16O3. The lowest BCUT2D eigenvalue weighted by molar-refractivity contribution is -0.136. The highest BCUT2D eigenvalue weighted by atomic mass is 16.5. The second-order valence-corrected chi connectivity index (χ2v) is 3.67. The summed E-state index contributed by atoms with van der Waals surface area (Å²) in [7, 11) is 0. The minimum atomic E-state index is -0.376. The molecule has 0 aliphatic carbocycles. The predicted molar refractivity (Wildman–Crippen MR) is 67.5 cm³/mol. The van der Waals surface area contributed by atoms with Crippen LogP contribution in [0.15, 0.2) is 42.0 Å². The largest absolute Gasteiger partial charge is 0.508 e. The Morgan fingerprint density at radius 2 is 2.00 bits per heavy atom. The van der Waals surface area contributed by atoms with E-state index in [9.17, 15) is 4.79 Å².